The van der Waals surface area contributed by atoms with Gasteiger partial charge in [0.05, 0.1) is 17.6 Å². The molecule has 0 amide bonds. The summed E-state index contributed by atoms with van der Waals surface area (Å²) >= 11 is 0. The quantitative estimate of drug-likeness (QED) is 0.906. The third-order valence-corrected chi connectivity index (χ3v) is 5.66. The number of hydrogen-bond donors (Lipinski definition) is 1. The second-order valence-electron chi connectivity index (χ2n) is 5.34. The first-order valence-electron chi connectivity index (χ1n) is 7.46. The Morgan fingerprint density at radius 1 is 1.29 bits per heavy atom. The van der Waals surface area contributed by atoms with Crippen LogP contribution in [0.15, 0.2) is 29.2 Å². The molecule has 2 unspecified atom stereocenters. The summed E-state index contributed by atoms with van der Waals surface area (Å²) in [6.07, 6.45) is 0.685. The molecule has 1 aromatic rings. The highest BCUT2D eigenvalue weighted by Crippen LogP contribution is 2.25. The van der Waals surface area contributed by atoms with Gasteiger partial charge in [-0.25, -0.2) is 8.42 Å². The molecule has 0 aromatic heterocycles. The molecule has 0 aliphatic carbocycles. The summed E-state index contributed by atoms with van der Waals surface area (Å²) in [7, 11) is -3.46. The fourth-order valence-corrected chi connectivity index (χ4v) is 4.27. The van der Waals surface area contributed by atoms with Crippen molar-refractivity contribution in [2.45, 2.75) is 44.2 Å². The zero-order valence-electron chi connectivity index (χ0n) is 12.9. The van der Waals surface area contributed by atoms with Crippen molar-refractivity contribution in [3.63, 3.8) is 0 Å². The molecule has 1 fully saturated rings. The number of benzene rings is 1. The van der Waals surface area contributed by atoms with E-state index in [0.29, 0.717) is 18.0 Å². The Hall–Kier alpha value is -1.11. The van der Waals surface area contributed by atoms with Crippen molar-refractivity contribution in [2.24, 2.45) is 0 Å². The summed E-state index contributed by atoms with van der Waals surface area (Å²) in [6, 6.07) is 6.86. The van der Waals surface area contributed by atoms with Gasteiger partial charge in [0.1, 0.15) is 0 Å². The van der Waals surface area contributed by atoms with Crippen molar-refractivity contribution in [3.8, 4) is 0 Å². The molecule has 1 aliphatic rings. The minimum Gasteiger partial charge on any atom is -0.385 e. The van der Waals surface area contributed by atoms with Crippen LogP contribution in [0.1, 0.15) is 27.2 Å². The summed E-state index contributed by atoms with van der Waals surface area (Å²) in [6.45, 7) is 7.59. The van der Waals surface area contributed by atoms with Crippen LogP contribution in [-0.4, -0.2) is 44.6 Å². The second kappa shape index (κ2) is 6.77. The summed E-state index contributed by atoms with van der Waals surface area (Å²) in [5, 5.41) is 3.16. The third kappa shape index (κ3) is 3.56. The molecular formula is C15H24N2O3S. The van der Waals surface area contributed by atoms with Crippen LogP contribution in [-0.2, 0) is 14.8 Å². The molecule has 0 radical (unpaired) electrons. The molecule has 1 saturated heterocycles. The number of nitrogens with zero attached hydrogens (tertiary/aromatic N) is 1. The van der Waals surface area contributed by atoms with Crippen molar-refractivity contribution in [1.29, 1.82) is 0 Å². The van der Waals surface area contributed by atoms with Gasteiger partial charge >= 0.3 is 0 Å². The first kappa shape index (κ1) is 16.3. The predicted molar refractivity (Wildman–Crippen MR) is 84.0 cm³/mol. The van der Waals surface area contributed by atoms with Gasteiger partial charge in [0.25, 0.3) is 0 Å². The summed E-state index contributed by atoms with van der Waals surface area (Å²) in [5.74, 6) is 0. The summed E-state index contributed by atoms with van der Waals surface area (Å²) in [5.41, 5.74) is 0.929. The molecule has 5 nitrogen and oxygen atoms in total. The van der Waals surface area contributed by atoms with E-state index in [2.05, 4.69) is 5.32 Å². The van der Waals surface area contributed by atoms with E-state index in [1.165, 1.54) is 0 Å². The van der Waals surface area contributed by atoms with Gasteiger partial charge in [0.2, 0.25) is 10.0 Å². The Morgan fingerprint density at radius 2 is 1.95 bits per heavy atom. The highest BCUT2D eigenvalue weighted by Gasteiger charge is 2.35. The molecule has 0 bridgehead atoms. The molecule has 6 heteroatoms. The maximum absolute atomic E-state index is 12.8. The monoisotopic (exact) mass is 312 g/mol. The molecule has 118 valence electrons. The molecular weight excluding hydrogens is 288 g/mol. The van der Waals surface area contributed by atoms with Crippen LogP contribution < -0.4 is 5.32 Å². The van der Waals surface area contributed by atoms with E-state index >= 15 is 0 Å². The van der Waals surface area contributed by atoms with Gasteiger partial charge in [-0.15, -0.1) is 0 Å². The molecule has 21 heavy (non-hydrogen) atoms. The maximum atomic E-state index is 12.8. The fraction of sp³-hybridized carbons (Fsp3) is 0.600. The summed E-state index contributed by atoms with van der Waals surface area (Å²) in [4.78, 5) is 0.344. The van der Waals surface area contributed by atoms with Gasteiger partial charge in [-0.05, 0) is 44.5 Å². The van der Waals surface area contributed by atoms with E-state index in [9.17, 15) is 8.42 Å². The van der Waals surface area contributed by atoms with E-state index in [0.717, 1.165) is 18.7 Å². The topological polar surface area (TPSA) is 58.6 Å². The van der Waals surface area contributed by atoms with Crippen LogP contribution in [0.5, 0.6) is 0 Å². The fourth-order valence-electron chi connectivity index (χ4n) is 2.51. The minimum absolute atomic E-state index is 0.0661. The highest BCUT2D eigenvalue weighted by atomic mass is 32.2. The Balaban J connectivity index is 2.26. The van der Waals surface area contributed by atoms with Gasteiger partial charge in [-0.1, -0.05) is 6.92 Å². The van der Waals surface area contributed by atoms with Crippen molar-refractivity contribution in [3.05, 3.63) is 24.3 Å². The van der Waals surface area contributed by atoms with Gasteiger partial charge in [-0.2, -0.15) is 4.31 Å². The lowest BCUT2D eigenvalue weighted by Gasteiger charge is -2.37. The van der Waals surface area contributed by atoms with Crippen LogP contribution >= 0.6 is 0 Å². The van der Waals surface area contributed by atoms with E-state index in [1.54, 1.807) is 28.6 Å². The van der Waals surface area contributed by atoms with E-state index in [4.69, 9.17) is 4.74 Å². The molecule has 1 heterocycles. The SMILES string of the molecule is CCNc1ccc(S(=O)(=O)N2CC(C)OCC2CC)cc1. The first-order chi connectivity index (χ1) is 9.98. The van der Waals surface area contributed by atoms with Gasteiger partial charge in [0, 0.05) is 24.8 Å². The molecule has 1 N–H and O–H groups in total. The Kier molecular flexibility index (Phi) is 5.24. The van der Waals surface area contributed by atoms with E-state index < -0.39 is 10.0 Å². The lowest BCUT2D eigenvalue weighted by molar-refractivity contribution is -0.0230. The van der Waals surface area contributed by atoms with Crippen molar-refractivity contribution in [1.82, 2.24) is 4.31 Å². The zero-order chi connectivity index (χ0) is 15.5. The van der Waals surface area contributed by atoms with Crippen LogP contribution in [0, 0.1) is 0 Å². The standard InChI is InChI=1S/C15H24N2O3S/c1-4-14-11-20-12(3)10-17(14)21(18,19)15-8-6-13(7-9-15)16-5-2/h6-9,12,14,16H,4-5,10-11H2,1-3H3. The molecule has 1 aromatic carbocycles. The lowest BCUT2D eigenvalue weighted by Crippen LogP contribution is -2.51. The number of sulfonamides is 1. The van der Waals surface area contributed by atoms with Crippen LogP contribution in [0.3, 0.4) is 0 Å². The molecule has 2 atom stereocenters. The normalized spacial score (nSPS) is 24.0. The number of hydrogen-bond acceptors (Lipinski definition) is 4. The Morgan fingerprint density at radius 3 is 2.52 bits per heavy atom. The Labute approximate surface area is 127 Å². The largest absolute Gasteiger partial charge is 0.385 e. The van der Waals surface area contributed by atoms with Gasteiger partial charge in [0.15, 0.2) is 0 Å². The first-order valence-corrected chi connectivity index (χ1v) is 8.90. The lowest BCUT2D eigenvalue weighted by atomic mass is 10.2. The van der Waals surface area contributed by atoms with Gasteiger partial charge in [-0.3, -0.25) is 0 Å². The molecule has 0 spiro atoms. The number of morpholine rings is 1. The van der Waals surface area contributed by atoms with Crippen LogP contribution in [0.25, 0.3) is 0 Å². The van der Waals surface area contributed by atoms with Crippen molar-refractivity contribution >= 4 is 15.7 Å². The van der Waals surface area contributed by atoms with E-state index in [-0.39, 0.29) is 12.1 Å². The number of nitrogens with one attached hydrogen (secondary N) is 1. The summed E-state index contributed by atoms with van der Waals surface area (Å²) < 4.78 is 32.8. The maximum Gasteiger partial charge on any atom is 0.243 e. The Bertz CT molecular complexity index is 557. The minimum atomic E-state index is -3.46. The average molecular weight is 312 g/mol. The van der Waals surface area contributed by atoms with Crippen molar-refractivity contribution in [2.75, 3.05) is 25.0 Å². The smallest absolute Gasteiger partial charge is 0.243 e. The molecule has 2 rings (SSSR count). The number of ether oxygens (including phenoxy) is 1. The highest BCUT2D eigenvalue weighted by molar-refractivity contribution is 7.89. The second-order valence-corrected chi connectivity index (χ2v) is 7.23. The molecule has 1 aliphatic heterocycles. The third-order valence-electron chi connectivity index (χ3n) is 3.73. The molecule has 0 saturated carbocycles. The van der Waals surface area contributed by atoms with Gasteiger partial charge < -0.3 is 10.1 Å². The van der Waals surface area contributed by atoms with E-state index in [1.807, 2.05) is 20.8 Å². The van der Waals surface area contributed by atoms with Crippen molar-refractivity contribution < 1.29 is 13.2 Å². The van der Waals surface area contributed by atoms with Crippen LogP contribution in [0.2, 0.25) is 0 Å². The average Bonchev–Trinajstić information content (AvgIpc) is 2.48. The zero-order valence-corrected chi connectivity index (χ0v) is 13.7. The van der Waals surface area contributed by atoms with Crippen LogP contribution in [0.4, 0.5) is 5.69 Å². The number of anilines is 1. The number of rotatable bonds is 5. The predicted octanol–water partition coefficient (Wildman–Crippen LogP) is 2.31.